The van der Waals surface area contributed by atoms with Crippen molar-refractivity contribution in [1.29, 1.82) is 0 Å². The molecule has 0 aliphatic carbocycles. The van der Waals surface area contributed by atoms with E-state index in [-0.39, 0.29) is 37.3 Å². The first-order valence-electron chi connectivity index (χ1n) is 14.5. The number of methoxy groups -OCH3 is 2. The first kappa shape index (κ1) is 34.9. The van der Waals surface area contributed by atoms with E-state index in [0.717, 1.165) is 21.2 Å². The van der Waals surface area contributed by atoms with Crippen molar-refractivity contribution in [3.63, 3.8) is 0 Å². The standard InChI is InChI=1S/C33H33N3O9S3/c1-21-9-12-26(13-10-21)47(39,40)16-15-45-32(37)24-7-6-8-27(17-24)48(41,42)36-30-18-25(43-4)11-14-28(30)35-33(36)46(38)20-29-23(3)31(44-5)22(2)19-34-29/h6-14,17-19H,15-16,20H2,1-5H3. The molecule has 252 valence electrons. The fourth-order valence-corrected chi connectivity index (χ4v) is 9.17. The van der Waals surface area contributed by atoms with Crippen LogP contribution in [0.5, 0.6) is 11.5 Å². The van der Waals surface area contributed by atoms with Gasteiger partial charge < -0.3 is 18.8 Å². The zero-order chi connectivity index (χ0) is 34.8. The summed E-state index contributed by atoms with van der Waals surface area (Å²) < 4.78 is 84.7. The number of hydrogen-bond donors (Lipinski definition) is 0. The highest BCUT2D eigenvalue weighted by molar-refractivity contribution is 7.93. The molecule has 5 rings (SSSR count). The Morgan fingerprint density at radius 1 is 0.917 bits per heavy atom. The first-order valence-corrected chi connectivity index (χ1v) is 18.9. The number of nitrogens with zero attached hydrogens (tertiary/aromatic N) is 3. The van der Waals surface area contributed by atoms with Gasteiger partial charge in [-0.15, -0.1) is 0 Å². The molecule has 2 heterocycles. The summed E-state index contributed by atoms with van der Waals surface area (Å²) in [6.07, 6.45) is 1.59. The van der Waals surface area contributed by atoms with E-state index in [9.17, 15) is 26.2 Å². The molecule has 0 bridgehead atoms. The second kappa shape index (κ2) is 14.0. The summed E-state index contributed by atoms with van der Waals surface area (Å²) in [7, 11) is -5.30. The van der Waals surface area contributed by atoms with Crippen LogP contribution in [-0.4, -0.2) is 67.9 Å². The van der Waals surface area contributed by atoms with Gasteiger partial charge >= 0.3 is 11.1 Å². The Balaban J connectivity index is 1.46. The highest BCUT2D eigenvalue weighted by Crippen LogP contribution is 2.32. The van der Waals surface area contributed by atoms with Crippen LogP contribution >= 0.6 is 0 Å². The van der Waals surface area contributed by atoms with Crippen LogP contribution in [0.2, 0.25) is 0 Å². The SMILES string of the molecule is COc1ccc2nc([S+]([O-])Cc3ncc(C)c(OC)c3C)n(S(=O)(=O)c3cccc(C(=O)OCCS(=O)(=O)c4ccc(C)cc4)c3)c2c1. The van der Waals surface area contributed by atoms with Crippen LogP contribution in [0.1, 0.15) is 32.7 Å². The molecule has 2 aromatic heterocycles. The molecule has 0 saturated carbocycles. The average Bonchev–Trinajstić information content (AvgIpc) is 3.46. The van der Waals surface area contributed by atoms with Crippen LogP contribution in [-0.2, 0) is 41.5 Å². The third-order valence-electron chi connectivity index (χ3n) is 7.59. The van der Waals surface area contributed by atoms with E-state index in [1.807, 2.05) is 13.8 Å². The number of aromatic nitrogens is 3. The molecule has 12 nitrogen and oxygen atoms in total. The number of carbonyl (C=O) groups excluding carboxylic acids is 1. The molecule has 3 aromatic carbocycles. The Morgan fingerprint density at radius 2 is 1.65 bits per heavy atom. The van der Waals surface area contributed by atoms with Crippen molar-refractivity contribution in [1.82, 2.24) is 13.9 Å². The molecule has 1 unspecified atom stereocenters. The normalized spacial score (nSPS) is 12.5. The van der Waals surface area contributed by atoms with Crippen molar-refractivity contribution < 1.29 is 40.4 Å². The van der Waals surface area contributed by atoms with E-state index in [4.69, 9.17) is 14.2 Å². The molecular weight excluding hydrogens is 679 g/mol. The molecule has 0 saturated heterocycles. The van der Waals surface area contributed by atoms with Crippen molar-refractivity contribution in [3.8, 4) is 11.5 Å². The minimum atomic E-state index is -4.53. The van der Waals surface area contributed by atoms with E-state index < -0.39 is 49.4 Å². The fraction of sp³-hybridized carbons (Fsp3) is 0.242. The van der Waals surface area contributed by atoms with Crippen molar-refractivity contribution in [2.45, 2.75) is 41.5 Å². The molecule has 48 heavy (non-hydrogen) atoms. The van der Waals surface area contributed by atoms with Crippen molar-refractivity contribution >= 4 is 48.0 Å². The number of fused-ring (bicyclic) bond motifs is 1. The number of sulfone groups is 1. The Hall–Kier alpha value is -4.44. The topological polar surface area (TPSA) is 167 Å². The van der Waals surface area contributed by atoms with E-state index >= 15 is 0 Å². The number of carbonyl (C=O) groups is 1. The number of rotatable bonds is 12. The minimum absolute atomic E-state index is 0.0991. The molecule has 0 aliphatic heterocycles. The zero-order valence-electron chi connectivity index (χ0n) is 26.8. The van der Waals surface area contributed by atoms with Crippen LogP contribution in [0.3, 0.4) is 0 Å². The number of hydrogen-bond acceptors (Lipinski definition) is 11. The maximum Gasteiger partial charge on any atom is 0.338 e. The largest absolute Gasteiger partial charge is 0.609 e. The monoisotopic (exact) mass is 711 g/mol. The quantitative estimate of drug-likeness (QED) is 0.132. The third-order valence-corrected chi connectivity index (χ3v) is 12.3. The highest BCUT2D eigenvalue weighted by Gasteiger charge is 2.33. The predicted molar refractivity (Wildman–Crippen MR) is 179 cm³/mol. The number of pyridine rings is 1. The predicted octanol–water partition coefficient (Wildman–Crippen LogP) is 4.55. The summed E-state index contributed by atoms with van der Waals surface area (Å²) in [5.41, 5.74) is 3.03. The number of ether oxygens (including phenoxy) is 3. The maximum atomic E-state index is 14.3. The Kier molecular flexibility index (Phi) is 10.1. The summed E-state index contributed by atoms with van der Waals surface area (Å²) in [5.74, 6) is -0.605. The maximum absolute atomic E-state index is 14.3. The van der Waals surface area contributed by atoms with Gasteiger partial charge in [-0.3, -0.25) is 4.98 Å². The number of esters is 1. The van der Waals surface area contributed by atoms with Crippen molar-refractivity contribution in [2.24, 2.45) is 0 Å². The smallest absolute Gasteiger partial charge is 0.338 e. The van der Waals surface area contributed by atoms with Crippen LogP contribution < -0.4 is 9.47 Å². The van der Waals surface area contributed by atoms with Crippen LogP contribution in [0.25, 0.3) is 11.0 Å². The van der Waals surface area contributed by atoms with E-state index in [0.29, 0.717) is 22.8 Å². The number of benzene rings is 3. The van der Waals surface area contributed by atoms with Gasteiger partial charge in [-0.2, -0.15) is 8.96 Å². The van der Waals surface area contributed by atoms with Crippen LogP contribution in [0.15, 0.2) is 87.9 Å². The lowest BCUT2D eigenvalue weighted by atomic mass is 10.1. The lowest BCUT2D eigenvalue weighted by molar-refractivity contribution is 0.0529. The van der Waals surface area contributed by atoms with Gasteiger partial charge in [0.2, 0.25) is 0 Å². The summed E-state index contributed by atoms with van der Waals surface area (Å²) in [4.78, 5) is 21.6. The van der Waals surface area contributed by atoms with E-state index in [2.05, 4.69) is 9.97 Å². The van der Waals surface area contributed by atoms with Crippen LogP contribution in [0.4, 0.5) is 0 Å². The molecule has 5 aromatic rings. The van der Waals surface area contributed by atoms with Crippen molar-refractivity contribution in [2.75, 3.05) is 26.6 Å². The van der Waals surface area contributed by atoms with Gasteiger partial charge in [-0.25, -0.2) is 21.6 Å². The summed E-state index contributed by atoms with van der Waals surface area (Å²) in [5, 5.41) is -0.256. The zero-order valence-corrected chi connectivity index (χ0v) is 29.2. The summed E-state index contributed by atoms with van der Waals surface area (Å²) in [6, 6.07) is 16.0. The highest BCUT2D eigenvalue weighted by atomic mass is 32.2. The number of imidazole rings is 1. The third kappa shape index (κ3) is 7.04. The molecule has 0 N–H and O–H groups in total. The molecule has 0 radical (unpaired) electrons. The van der Waals surface area contributed by atoms with Gasteiger partial charge in [0.1, 0.15) is 18.1 Å². The molecule has 1 atom stereocenters. The van der Waals surface area contributed by atoms with Gasteiger partial charge in [0.15, 0.2) is 15.6 Å². The number of aryl methyl sites for hydroxylation is 2. The molecule has 0 spiro atoms. The fourth-order valence-electron chi connectivity index (χ4n) is 5.00. The minimum Gasteiger partial charge on any atom is -0.609 e. The van der Waals surface area contributed by atoms with E-state index in [1.165, 1.54) is 50.6 Å². The average molecular weight is 712 g/mol. The molecule has 15 heteroatoms. The van der Waals surface area contributed by atoms with Gasteiger partial charge in [0.25, 0.3) is 10.0 Å². The van der Waals surface area contributed by atoms with Gasteiger partial charge in [-0.05, 0) is 63.2 Å². The second-order valence-electron chi connectivity index (χ2n) is 10.9. The summed E-state index contributed by atoms with van der Waals surface area (Å²) in [6.45, 7) is 4.99. The van der Waals surface area contributed by atoms with E-state index in [1.54, 1.807) is 37.4 Å². The lowest BCUT2D eigenvalue weighted by Crippen LogP contribution is -2.21. The summed E-state index contributed by atoms with van der Waals surface area (Å²) >= 11 is -2.01. The Labute approximate surface area is 281 Å². The van der Waals surface area contributed by atoms with Crippen molar-refractivity contribution in [3.05, 3.63) is 101 Å². The molecule has 0 aliphatic rings. The lowest BCUT2D eigenvalue weighted by Gasteiger charge is -2.15. The Bertz CT molecular complexity index is 2220. The molecule has 0 fully saturated rings. The Morgan fingerprint density at radius 3 is 2.33 bits per heavy atom. The first-order chi connectivity index (χ1) is 22.8. The molecule has 0 amide bonds. The molecular formula is C33H33N3O9S3. The van der Waals surface area contributed by atoms with Gasteiger partial charge in [0, 0.05) is 34.6 Å². The second-order valence-corrected chi connectivity index (χ2v) is 16.1. The van der Waals surface area contributed by atoms with Crippen LogP contribution in [0, 0.1) is 20.8 Å². The van der Waals surface area contributed by atoms with Gasteiger partial charge in [-0.1, -0.05) is 23.8 Å². The van der Waals surface area contributed by atoms with Gasteiger partial charge in [0.05, 0.1) is 52.1 Å².